The van der Waals surface area contributed by atoms with Gasteiger partial charge in [-0.05, 0) is 184 Å². The average molecular weight is 1360 g/mol. The summed E-state index contributed by atoms with van der Waals surface area (Å²) in [7, 11) is 0. The van der Waals surface area contributed by atoms with Crippen molar-refractivity contribution in [2.24, 2.45) is 0 Å². The summed E-state index contributed by atoms with van der Waals surface area (Å²) >= 11 is 0. The van der Waals surface area contributed by atoms with Gasteiger partial charge in [-0.25, -0.2) is 0 Å². The minimum atomic E-state index is -0.285. The summed E-state index contributed by atoms with van der Waals surface area (Å²) < 4.78 is 0. The van der Waals surface area contributed by atoms with Crippen LogP contribution in [0.15, 0.2) is 352 Å². The molecular weight excluding hydrogens is 1290 g/mol. The highest BCUT2D eigenvalue weighted by Gasteiger charge is 2.50. The second kappa shape index (κ2) is 25.5. The van der Waals surface area contributed by atoms with Crippen LogP contribution in [-0.2, 0) is 10.8 Å². The molecule has 0 bridgehead atoms. The van der Waals surface area contributed by atoms with Gasteiger partial charge in [-0.2, -0.15) is 0 Å². The van der Waals surface area contributed by atoms with E-state index in [1.54, 1.807) is 0 Å². The molecule has 0 N–H and O–H groups in total. The first-order valence-corrected chi connectivity index (χ1v) is 36.9. The summed E-state index contributed by atoms with van der Waals surface area (Å²) in [6.07, 6.45) is 0. The number of fused-ring (bicyclic) bond motifs is 8. The molecule has 15 aromatic rings. The van der Waals surface area contributed by atoms with E-state index in [0.717, 1.165) is 136 Å². The summed E-state index contributed by atoms with van der Waals surface area (Å²) in [5, 5.41) is 0. The molecule has 4 aliphatic heterocycles. The topological polar surface area (TPSA) is 45.2 Å². The summed E-state index contributed by atoms with van der Waals surface area (Å²) in [6, 6.07) is 130. The highest BCUT2D eigenvalue weighted by molar-refractivity contribution is 7.03. The Bertz CT molecular complexity index is 5700. The van der Waals surface area contributed by atoms with Gasteiger partial charge in [0.05, 0.1) is 28.5 Å². The van der Waals surface area contributed by atoms with Gasteiger partial charge in [0.15, 0.2) is 0 Å². The monoisotopic (exact) mass is 1360 g/mol. The Balaban J connectivity index is 0.993. The van der Waals surface area contributed by atoms with Crippen LogP contribution in [0.2, 0.25) is 0 Å². The van der Waals surface area contributed by atoms with E-state index in [1.807, 2.05) is 0 Å². The van der Waals surface area contributed by atoms with E-state index in [1.165, 1.54) is 32.8 Å². The molecule has 10 heteroatoms. The van der Waals surface area contributed by atoms with Gasteiger partial charge < -0.3 is 29.4 Å². The number of anilines is 18. The predicted molar refractivity (Wildman–Crippen MR) is 448 cm³/mol. The van der Waals surface area contributed by atoms with Gasteiger partial charge in [0, 0.05) is 119 Å². The van der Waals surface area contributed by atoms with Gasteiger partial charge in [0.25, 0.3) is 13.4 Å². The summed E-state index contributed by atoms with van der Waals surface area (Å²) in [5.74, 6) is 0. The average Bonchev–Trinajstić information content (AvgIpc) is 0.682. The van der Waals surface area contributed by atoms with E-state index < -0.39 is 0 Å². The summed E-state index contributed by atoms with van der Waals surface area (Å²) in [5.41, 5.74) is 31.6. The molecule has 106 heavy (non-hydrogen) atoms. The van der Waals surface area contributed by atoms with Gasteiger partial charge >= 0.3 is 0 Å². The van der Waals surface area contributed by atoms with Crippen molar-refractivity contribution in [1.29, 1.82) is 0 Å². The fraction of sp³-hybridized carbons (Fsp3) is 0.0833. The van der Waals surface area contributed by atoms with Crippen LogP contribution in [0.25, 0.3) is 22.5 Å². The molecule has 19 rings (SSSR count). The highest BCUT2D eigenvalue weighted by atomic mass is 15.2. The molecule has 0 atom stereocenters. The van der Waals surface area contributed by atoms with Crippen LogP contribution < -0.4 is 62.2 Å². The first kappa shape index (κ1) is 64.0. The smallest absolute Gasteiger partial charge is 0.252 e. The van der Waals surface area contributed by atoms with Gasteiger partial charge in [-0.1, -0.05) is 242 Å². The molecule has 0 spiro atoms. The zero-order chi connectivity index (χ0) is 71.4. The Hall–Kier alpha value is -12.9. The Labute approximate surface area is 622 Å². The predicted octanol–water partition coefficient (Wildman–Crippen LogP) is 21.5. The third kappa shape index (κ3) is 10.7. The van der Waals surface area contributed by atoms with Crippen molar-refractivity contribution >= 4 is 149 Å². The highest BCUT2D eigenvalue weighted by Crippen LogP contribution is 2.55. The Morgan fingerprint density at radius 2 is 0.547 bits per heavy atom. The molecular formula is C96H76B2N8. The van der Waals surface area contributed by atoms with Crippen molar-refractivity contribution in [2.45, 2.75) is 52.4 Å². The number of benzene rings is 13. The van der Waals surface area contributed by atoms with E-state index in [2.05, 4.69) is 423 Å². The van der Waals surface area contributed by atoms with Crippen LogP contribution in [0.3, 0.4) is 0 Å². The number of pyridine rings is 2. The van der Waals surface area contributed by atoms with Crippen molar-refractivity contribution in [3.63, 3.8) is 0 Å². The quantitative estimate of drug-likeness (QED) is 0.112. The van der Waals surface area contributed by atoms with Crippen LogP contribution in [0, 0.1) is 0 Å². The molecule has 0 saturated carbocycles. The van der Waals surface area contributed by atoms with E-state index >= 15 is 0 Å². The van der Waals surface area contributed by atoms with Crippen molar-refractivity contribution in [3.05, 3.63) is 363 Å². The van der Waals surface area contributed by atoms with E-state index in [-0.39, 0.29) is 24.3 Å². The Morgan fingerprint density at radius 3 is 0.906 bits per heavy atom. The lowest BCUT2D eigenvalue weighted by atomic mass is 9.30. The largest absolute Gasteiger partial charge is 0.311 e. The SMILES string of the molecule is CC(C)(C)c1cccc(-c2cccc(-c3cccc(C(C)(C)C)n3)c2N2c3cc4c(cc3B3c5ccccc5N(c5ccccc5)c5cc(N(c6ccccc6)c6ccccc6)cc2c53)B2c3ccccc3N(c3ccccc3)c3cc(N(c5ccccc5)c5ccccc5)cc(c32)N4c2ccccc2)n1. The lowest BCUT2D eigenvalue weighted by Gasteiger charge is -2.48. The standard InChI is InChI=1S/C96H76B2N8/c1-95(2,3)90-57-33-53-80(99-90)74-49-32-50-75(81-54-34-58-91(100-81)96(4,5)6)94(74)106-85-64-84-78(63-79(85)98-77-52-29-31-56-83(77)104(70-45-24-12-25-46-70)87-60-73(62-89(106)93(87)98)102(67-39-18-9-19-40-67)68-41-20-10-21-42-68)97-76-51-28-30-55-82(76)103(69-43-22-11-23-44-69)86-59-72(61-88(92(86)97)105(84)71-47-26-13-27-48-71)101(65-35-14-7-15-36-65)66-37-16-8-17-38-66/h7-64H,1-6H3. The van der Waals surface area contributed by atoms with Crippen LogP contribution in [-0.4, -0.2) is 23.4 Å². The third-order valence-electron chi connectivity index (χ3n) is 21.5. The molecule has 506 valence electrons. The zero-order valence-electron chi connectivity index (χ0n) is 60.2. The lowest BCUT2D eigenvalue weighted by Crippen LogP contribution is -2.65. The molecule has 2 aromatic heterocycles. The summed E-state index contributed by atoms with van der Waals surface area (Å²) in [6.45, 7) is 13.0. The van der Waals surface area contributed by atoms with Gasteiger partial charge in [0.2, 0.25) is 0 Å². The van der Waals surface area contributed by atoms with E-state index in [0.29, 0.717) is 0 Å². The fourth-order valence-corrected chi connectivity index (χ4v) is 16.8. The fourth-order valence-electron chi connectivity index (χ4n) is 16.8. The number of aromatic nitrogens is 2. The number of hydrogen-bond acceptors (Lipinski definition) is 8. The zero-order valence-corrected chi connectivity index (χ0v) is 60.2. The molecule has 0 aliphatic carbocycles. The number of nitrogens with zero attached hydrogens (tertiary/aromatic N) is 8. The maximum absolute atomic E-state index is 5.76. The molecule has 0 radical (unpaired) electrons. The molecule has 0 unspecified atom stereocenters. The minimum Gasteiger partial charge on any atom is -0.311 e. The van der Waals surface area contributed by atoms with Crippen LogP contribution in [0.5, 0.6) is 0 Å². The van der Waals surface area contributed by atoms with E-state index in [4.69, 9.17) is 9.97 Å². The van der Waals surface area contributed by atoms with Crippen molar-refractivity contribution in [3.8, 4) is 22.5 Å². The molecule has 6 heterocycles. The normalized spacial score (nSPS) is 13.1. The van der Waals surface area contributed by atoms with Crippen LogP contribution >= 0.6 is 0 Å². The lowest BCUT2D eigenvalue weighted by molar-refractivity contribution is 0.569. The minimum absolute atomic E-state index is 0.240. The number of para-hydroxylation sites is 10. The third-order valence-corrected chi connectivity index (χ3v) is 21.5. The van der Waals surface area contributed by atoms with Gasteiger partial charge in [0.1, 0.15) is 0 Å². The second-order valence-electron chi connectivity index (χ2n) is 30.1. The molecule has 13 aromatic carbocycles. The first-order valence-electron chi connectivity index (χ1n) is 36.9. The number of rotatable bonds is 12. The molecule has 0 fully saturated rings. The van der Waals surface area contributed by atoms with Gasteiger partial charge in [-0.3, -0.25) is 9.97 Å². The van der Waals surface area contributed by atoms with Gasteiger partial charge in [-0.15, -0.1) is 0 Å². The maximum Gasteiger partial charge on any atom is 0.252 e. The molecule has 4 aliphatic rings. The maximum atomic E-state index is 5.76. The first-order chi connectivity index (χ1) is 51.9. The molecule has 0 amide bonds. The van der Waals surface area contributed by atoms with Crippen molar-refractivity contribution < 1.29 is 0 Å². The molecule has 8 nitrogen and oxygen atoms in total. The van der Waals surface area contributed by atoms with Crippen LogP contribution in [0.4, 0.5) is 102 Å². The van der Waals surface area contributed by atoms with Crippen molar-refractivity contribution in [2.75, 3.05) is 29.4 Å². The second-order valence-corrected chi connectivity index (χ2v) is 30.1. The summed E-state index contributed by atoms with van der Waals surface area (Å²) in [4.78, 5) is 26.7. The number of hydrogen-bond donors (Lipinski definition) is 0. The van der Waals surface area contributed by atoms with Crippen LogP contribution in [0.1, 0.15) is 52.9 Å². The molecule has 0 saturated heterocycles. The van der Waals surface area contributed by atoms with E-state index in [9.17, 15) is 0 Å². The Morgan fingerprint density at radius 1 is 0.245 bits per heavy atom. The van der Waals surface area contributed by atoms with Crippen molar-refractivity contribution in [1.82, 2.24) is 9.97 Å². The Kier molecular flexibility index (Phi) is 15.4.